The number of phenols is 1. The molecule has 2 aromatic carbocycles. The van der Waals surface area contributed by atoms with E-state index in [0.717, 1.165) is 22.4 Å². The molecular weight excluding hydrogens is 256 g/mol. The van der Waals surface area contributed by atoms with Crippen molar-refractivity contribution in [2.24, 2.45) is 0 Å². The van der Waals surface area contributed by atoms with Gasteiger partial charge in [-0.05, 0) is 42.7 Å². The summed E-state index contributed by atoms with van der Waals surface area (Å²) in [6.07, 6.45) is 0. The number of nitro benzene ring substituents is 1. The Labute approximate surface area is 117 Å². The van der Waals surface area contributed by atoms with E-state index in [1.54, 1.807) is 18.2 Å². The van der Waals surface area contributed by atoms with Gasteiger partial charge in [-0.1, -0.05) is 12.1 Å². The molecule has 0 atom stereocenters. The third-order valence-electron chi connectivity index (χ3n) is 3.15. The maximum atomic E-state index is 10.7. The number of anilines is 1. The van der Waals surface area contributed by atoms with Crippen LogP contribution in [0.15, 0.2) is 36.4 Å². The summed E-state index contributed by atoms with van der Waals surface area (Å²) in [5.74, 6) is 0.267. The van der Waals surface area contributed by atoms with E-state index in [0.29, 0.717) is 6.54 Å². The molecule has 104 valence electrons. The predicted molar refractivity (Wildman–Crippen MR) is 78.0 cm³/mol. The number of nitro groups is 1. The Hall–Kier alpha value is -2.56. The van der Waals surface area contributed by atoms with Gasteiger partial charge in [-0.25, -0.2) is 0 Å². The van der Waals surface area contributed by atoms with Crippen molar-refractivity contribution < 1.29 is 10.0 Å². The second-order valence-electron chi connectivity index (χ2n) is 4.73. The number of aromatic hydroxyl groups is 1. The first-order chi connectivity index (χ1) is 9.47. The van der Waals surface area contributed by atoms with Gasteiger partial charge in [-0.2, -0.15) is 0 Å². The number of rotatable bonds is 4. The Morgan fingerprint density at radius 1 is 1.20 bits per heavy atom. The lowest BCUT2D eigenvalue weighted by Crippen LogP contribution is -2.02. The number of non-ortho nitro benzene ring substituents is 1. The van der Waals surface area contributed by atoms with Crippen molar-refractivity contribution in [3.05, 3.63) is 63.2 Å². The van der Waals surface area contributed by atoms with E-state index < -0.39 is 4.92 Å². The van der Waals surface area contributed by atoms with Crippen molar-refractivity contribution in [1.29, 1.82) is 0 Å². The number of aryl methyl sites for hydroxylation is 2. The second-order valence-corrected chi connectivity index (χ2v) is 4.73. The van der Waals surface area contributed by atoms with Crippen molar-refractivity contribution in [2.45, 2.75) is 20.4 Å². The topological polar surface area (TPSA) is 75.4 Å². The fourth-order valence-corrected chi connectivity index (χ4v) is 1.97. The van der Waals surface area contributed by atoms with Crippen LogP contribution in [0.4, 0.5) is 11.4 Å². The van der Waals surface area contributed by atoms with Crippen LogP contribution in [0, 0.1) is 24.0 Å². The fourth-order valence-electron chi connectivity index (χ4n) is 1.97. The molecule has 2 aromatic rings. The molecule has 20 heavy (non-hydrogen) atoms. The van der Waals surface area contributed by atoms with Crippen LogP contribution in [-0.2, 0) is 6.54 Å². The van der Waals surface area contributed by atoms with E-state index in [1.165, 1.54) is 6.07 Å². The van der Waals surface area contributed by atoms with Gasteiger partial charge >= 0.3 is 0 Å². The van der Waals surface area contributed by atoms with Crippen molar-refractivity contribution in [3.63, 3.8) is 0 Å². The maximum absolute atomic E-state index is 10.7. The van der Waals surface area contributed by atoms with Crippen LogP contribution in [-0.4, -0.2) is 10.0 Å². The summed E-state index contributed by atoms with van der Waals surface area (Å²) in [4.78, 5) is 10.3. The normalized spacial score (nSPS) is 10.3. The zero-order valence-electron chi connectivity index (χ0n) is 11.4. The molecule has 0 heterocycles. The summed E-state index contributed by atoms with van der Waals surface area (Å²) in [7, 11) is 0. The Balaban J connectivity index is 2.15. The van der Waals surface area contributed by atoms with Gasteiger partial charge in [0.15, 0.2) is 0 Å². The Morgan fingerprint density at radius 3 is 2.65 bits per heavy atom. The standard InChI is InChI=1S/C15H16N2O3/c1-10-7-15(18)11(2)6-14(10)16-9-12-4-3-5-13(8-12)17(19)20/h3-8,16,18H,9H2,1-2H3. The first-order valence-electron chi connectivity index (χ1n) is 6.25. The van der Waals surface area contributed by atoms with Crippen molar-refractivity contribution in [3.8, 4) is 5.75 Å². The second kappa shape index (κ2) is 5.61. The molecule has 5 nitrogen and oxygen atoms in total. The number of hydrogen-bond acceptors (Lipinski definition) is 4. The summed E-state index contributed by atoms with van der Waals surface area (Å²) in [6, 6.07) is 10.1. The molecule has 0 bridgehead atoms. The van der Waals surface area contributed by atoms with Gasteiger partial charge in [0.2, 0.25) is 0 Å². The molecule has 2 rings (SSSR count). The average Bonchev–Trinajstić information content (AvgIpc) is 2.41. The van der Waals surface area contributed by atoms with E-state index in [9.17, 15) is 15.2 Å². The van der Waals surface area contributed by atoms with Crippen LogP contribution in [0.5, 0.6) is 5.75 Å². The van der Waals surface area contributed by atoms with Crippen LogP contribution in [0.2, 0.25) is 0 Å². The van der Waals surface area contributed by atoms with Gasteiger partial charge in [-0.3, -0.25) is 10.1 Å². The predicted octanol–water partition coefficient (Wildman–Crippen LogP) is 3.53. The third-order valence-corrected chi connectivity index (χ3v) is 3.15. The number of nitrogens with one attached hydrogen (secondary N) is 1. The van der Waals surface area contributed by atoms with Gasteiger partial charge in [-0.15, -0.1) is 0 Å². The first-order valence-corrected chi connectivity index (χ1v) is 6.25. The van der Waals surface area contributed by atoms with Crippen molar-refractivity contribution >= 4 is 11.4 Å². The van der Waals surface area contributed by atoms with Crippen LogP contribution >= 0.6 is 0 Å². The maximum Gasteiger partial charge on any atom is 0.269 e. The van der Waals surface area contributed by atoms with E-state index in [4.69, 9.17) is 0 Å². The zero-order valence-corrected chi connectivity index (χ0v) is 11.4. The molecule has 0 fully saturated rings. The molecule has 0 spiro atoms. The summed E-state index contributed by atoms with van der Waals surface area (Å²) in [5.41, 5.74) is 3.55. The SMILES string of the molecule is Cc1cc(NCc2cccc([N+](=O)[O-])c2)c(C)cc1O. The van der Waals surface area contributed by atoms with E-state index in [1.807, 2.05) is 26.0 Å². The van der Waals surface area contributed by atoms with Gasteiger partial charge in [0, 0.05) is 24.4 Å². The molecule has 0 aromatic heterocycles. The number of benzene rings is 2. The van der Waals surface area contributed by atoms with Crippen LogP contribution in [0.25, 0.3) is 0 Å². The number of nitrogens with zero attached hydrogens (tertiary/aromatic N) is 1. The minimum Gasteiger partial charge on any atom is -0.508 e. The average molecular weight is 272 g/mol. The van der Waals surface area contributed by atoms with Crippen LogP contribution in [0.3, 0.4) is 0 Å². The van der Waals surface area contributed by atoms with Gasteiger partial charge in [0.25, 0.3) is 5.69 Å². The largest absolute Gasteiger partial charge is 0.508 e. The van der Waals surface area contributed by atoms with Crippen molar-refractivity contribution in [2.75, 3.05) is 5.32 Å². The Morgan fingerprint density at radius 2 is 1.95 bits per heavy atom. The highest BCUT2D eigenvalue weighted by molar-refractivity contribution is 5.57. The van der Waals surface area contributed by atoms with E-state index in [-0.39, 0.29) is 11.4 Å². The molecule has 0 radical (unpaired) electrons. The lowest BCUT2D eigenvalue weighted by atomic mass is 10.1. The van der Waals surface area contributed by atoms with Gasteiger partial charge < -0.3 is 10.4 Å². The molecule has 5 heteroatoms. The highest BCUT2D eigenvalue weighted by Gasteiger charge is 2.07. The smallest absolute Gasteiger partial charge is 0.269 e. The van der Waals surface area contributed by atoms with Crippen molar-refractivity contribution in [1.82, 2.24) is 0 Å². The molecule has 0 saturated carbocycles. The van der Waals surface area contributed by atoms with Crippen LogP contribution < -0.4 is 5.32 Å². The molecule has 2 N–H and O–H groups in total. The minimum atomic E-state index is -0.403. The Bertz CT molecular complexity index is 654. The Kier molecular flexibility index (Phi) is 3.89. The summed E-state index contributed by atoms with van der Waals surface area (Å²) >= 11 is 0. The molecule has 0 unspecified atom stereocenters. The number of hydrogen-bond donors (Lipinski definition) is 2. The highest BCUT2D eigenvalue weighted by Crippen LogP contribution is 2.25. The van der Waals surface area contributed by atoms with Gasteiger partial charge in [0.05, 0.1) is 4.92 Å². The molecule has 0 aliphatic heterocycles. The zero-order chi connectivity index (χ0) is 14.7. The third kappa shape index (κ3) is 3.06. The lowest BCUT2D eigenvalue weighted by molar-refractivity contribution is -0.384. The highest BCUT2D eigenvalue weighted by atomic mass is 16.6. The molecule has 0 aliphatic carbocycles. The number of phenolic OH excluding ortho intramolecular Hbond substituents is 1. The summed E-state index contributed by atoms with van der Waals surface area (Å²) < 4.78 is 0. The molecule has 0 amide bonds. The van der Waals surface area contributed by atoms with E-state index in [2.05, 4.69) is 5.32 Å². The summed E-state index contributed by atoms with van der Waals surface area (Å²) in [6.45, 7) is 4.22. The molecule has 0 saturated heterocycles. The quantitative estimate of drug-likeness (QED) is 0.507. The van der Waals surface area contributed by atoms with E-state index >= 15 is 0 Å². The monoisotopic (exact) mass is 272 g/mol. The fraction of sp³-hybridized carbons (Fsp3) is 0.200. The van der Waals surface area contributed by atoms with Crippen LogP contribution in [0.1, 0.15) is 16.7 Å². The lowest BCUT2D eigenvalue weighted by Gasteiger charge is -2.11. The van der Waals surface area contributed by atoms with Gasteiger partial charge in [0.1, 0.15) is 5.75 Å². The molecule has 0 aliphatic rings. The minimum absolute atomic E-state index is 0.0860. The molecular formula is C15H16N2O3. The summed E-state index contributed by atoms with van der Waals surface area (Å²) in [5, 5.41) is 23.6. The first kappa shape index (κ1) is 13.9.